The number of aromatic nitrogens is 2. The van der Waals surface area contributed by atoms with E-state index in [4.69, 9.17) is 21.1 Å². The van der Waals surface area contributed by atoms with Crippen LogP contribution in [0.5, 0.6) is 0 Å². The summed E-state index contributed by atoms with van der Waals surface area (Å²) in [4.78, 5) is 39.4. The molecule has 0 amide bonds. The molecule has 1 aromatic rings. The predicted octanol–water partition coefficient (Wildman–Crippen LogP) is -0.964. The van der Waals surface area contributed by atoms with E-state index < -0.39 is 30.0 Å². The first kappa shape index (κ1) is 18.1. The maximum absolute atomic E-state index is 11.1. The van der Waals surface area contributed by atoms with Crippen LogP contribution in [0.25, 0.3) is 6.20 Å². The molecule has 10 heteroatoms. The summed E-state index contributed by atoms with van der Waals surface area (Å²) in [5.74, 6) is -3.60. The third kappa shape index (κ3) is 4.85. The lowest BCUT2D eigenvalue weighted by Gasteiger charge is -2.14. The number of dihydropyridines is 1. The van der Waals surface area contributed by atoms with Gasteiger partial charge in [0.25, 0.3) is 0 Å². The van der Waals surface area contributed by atoms with Gasteiger partial charge in [-0.3, -0.25) is 9.79 Å². The normalized spacial score (nSPS) is 18.5. The van der Waals surface area contributed by atoms with Gasteiger partial charge >= 0.3 is 17.9 Å². The van der Waals surface area contributed by atoms with Crippen LogP contribution in [0.2, 0.25) is 0 Å². The van der Waals surface area contributed by atoms with Gasteiger partial charge in [-0.05, 0) is 17.7 Å². The predicted molar refractivity (Wildman–Crippen MR) is 84.8 cm³/mol. The van der Waals surface area contributed by atoms with Crippen LogP contribution in [0.4, 0.5) is 0 Å². The summed E-state index contributed by atoms with van der Waals surface area (Å²) in [7, 11) is 0. The summed E-state index contributed by atoms with van der Waals surface area (Å²) in [5, 5.41) is 26.9. The molecule has 1 aliphatic rings. The van der Waals surface area contributed by atoms with E-state index in [1.54, 1.807) is 29.4 Å². The topological polar surface area (TPSA) is 170 Å². The minimum atomic E-state index is -1.30. The van der Waals surface area contributed by atoms with Crippen LogP contribution in [0.3, 0.4) is 0 Å². The fourth-order valence-electron chi connectivity index (χ4n) is 2.20. The maximum atomic E-state index is 11.1. The third-order valence-corrected chi connectivity index (χ3v) is 3.47. The van der Waals surface area contributed by atoms with Gasteiger partial charge in [-0.25, -0.2) is 19.1 Å². The van der Waals surface area contributed by atoms with Crippen molar-refractivity contribution in [3.8, 4) is 0 Å². The van der Waals surface area contributed by atoms with Crippen LogP contribution in [-0.2, 0) is 20.8 Å². The second kappa shape index (κ2) is 7.53. The van der Waals surface area contributed by atoms with Crippen LogP contribution in [0.15, 0.2) is 35.2 Å². The molecular formula is C15H17N4O6+. The largest absolute Gasteiger partial charge is 0.480 e. The number of aromatic amines is 1. The second-order valence-corrected chi connectivity index (χ2v) is 5.44. The van der Waals surface area contributed by atoms with Gasteiger partial charge in [0.05, 0.1) is 6.20 Å². The Morgan fingerprint density at radius 2 is 2.12 bits per heavy atom. The number of nitrogens with two attached hydrogens (primary N) is 1. The SMILES string of the molecule is N[C@@H](Cc1c[n+](/C=C/C2=CC(C(=O)O)=N[C@H](C(=O)O)C2)c[nH]1)C(=O)O. The van der Waals surface area contributed by atoms with Crippen molar-refractivity contribution in [2.75, 3.05) is 0 Å². The zero-order chi connectivity index (χ0) is 18.6. The minimum Gasteiger partial charge on any atom is -0.480 e. The van der Waals surface area contributed by atoms with E-state index in [9.17, 15) is 14.4 Å². The highest BCUT2D eigenvalue weighted by Gasteiger charge is 2.24. The summed E-state index contributed by atoms with van der Waals surface area (Å²) in [6.07, 6.45) is 7.85. The minimum absolute atomic E-state index is 0.0738. The molecule has 0 unspecified atom stereocenters. The summed E-state index contributed by atoms with van der Waals surface area (Å²) < 4.78 is 1.59. The molecule has 0 aliphatic carbocycles. The number of carboxylic acid groups (broad SMARTS) is 3. The van der Waals surface area contributed by atoms with Gasteiger partial charge in [-0.1, -0.05) is 0 Å². The van der Waals surface area contributed by atoms with Gasteiger partial charge in [-0.15, -0.1) is 0 Å². The summed E-state index contributed by atoms with van der Waals surface area (Å²) >= 11 is 0. The first-order chi connectivity index (χ1) is 11.8. The maximum Gasteiger partial charge on any atom is 0.354 e. The highest BCUT2D eigenvalue weighted by atomic mass is 16.4. The van der Waals surface area contributed by atoms with Gasteiger partial charge in [-0.2, -0.15) is 0 Å². The lowest BCUT2D eigenvalue weighted by atomic mass is 10.0. The molecule has 2 heterocycles. The number of allylic oxidation sites excluding steroid dienone is 1. The Balaban J connectivity index is 2.12. The van der Waals surface area contributed by atoms with Crippen LogP contribution in [-0.4, -0.2) is 56.0 Å². The number of hydrogen-bond donors (Lipinski definition) is 5. The van der Waals surface area contributed by atoms with Crippen molar-refractivity contribution >= 4 is 29.8 Å². The Bertz CT molecular complexity index is 792. The molecule has 0 saturated carbocycles. The van der Waals surface area contributed by atoms with E-state index in [-0.39, 0.29) is 18.6 Å². The second-order valence-electron chi connectivity index (χ2n) is 5.44. The number of aliphatic imine (C=N–C) groups is 1. The van der Waals surface area contributed by atoms with Crippen molar-refractivity contribution in [2.24, 2.45) is 10.7 Å². The quantitative estimate of drug-likeness (QED) is 0.394. The van der Waals surface area contributed by atoms with Crippen molar-refractivity contribution < 1.29 is 34.3 Å². The molecule has 0 saturated heterocycles. The van der Waals surface area contributed by atoms with E-state index in [0.717, 1.165) is 0 Å². The fraction of sp³-hybridized carbons (Fsp3) is 0.267. The van der Waals surface area contributed by atoms with Gasteiger partial charge < -0.3 is 21.1 Å². The number of carbonyl (C=O) groups is 3. The highest BCUT2D eigenvalue weighted by Crippen LogP contribution is 2.16. The van der Waals surface area contributed by atoms with E-state index in [2.05, 4.69) is 9.98 Å². The molecule has 2 rings (SSSR count). The molecule has 0 bridgehead atoms. The number of aliphatic carboxylic acids is 3. The van der Waals surface area contributed by atoms with Gasteiger partial charge in [0, 0.05) is 12.8 Å². The monoisotopic (exact) mass is 349 g/mol. The van der Waals surface area contributed by atoms with Crippen molar-refractivity contribution in [1.29, 1.82) is 0 Å². The number of imidazole rings is 1. The average Bonchev–Trinajstić information content (AvgIpc) is 2.99. The summed E-state index contributed by atoms with van der Waals surface area (Å²) in [6.45, 7) is 0. The Labute approximate surface area is 141 Å². The number of nitrogens with zero attached hydrogens (tertiary/aromatic N) is 2. The van der Waals surface area contributed by atoms with Crippen molar-refractivity contribution in [2.45, 2.75) is 24.9 Å². The molecule has 132 valence electrons. The summed E-state index contributed by atoms with van der Waals surface area (Å²) in [5.41, 5.74) is 6.24. The van der Waals surface area contributed by atoms with Gasteiger partial charge in [0.2, 0.25) is 6.33 Å². The molecule has 25 heavy (non-hydrogen) atoms. The number of nitrogens with one attached hydrogen (secondary N) is 1. The standard InChI is InChI=1S/C15H16N4O6/c16-10(13(20)21)5-9-6-19(7-17-9)2-1-8-3-11(14(22)23)18-12(4-8)15(24)25/h1-3,6-7,10,12H,4-5,16H2,(H3,20,21,22,23,24,25)/p+1/b2-1+/t10-,12-/m0/s1. The number of H-pyrrole nitrogens is 1. The molecule has 1 aliphatic heterocycles. The lowest BCUT2D eigenvalue weighted by molar-refractivity contribution is -0.566. The Morgan fingerprint density at radius 3 is 2.72 bits per heavy atom. The molecule has 2 atom stereocenters. The average molecular weight is 349 g/mol. The molecule has 0 radical (unpaired) electrons. The Hall–Kier alpha value is -3.27. The molecule has 6 N–H and O–H groups in total. The van der Waals surface area contributed by atoms with E-state index in [1.165, 1.54) is 6.08 Å². The third-order valence-electron chi connectivity index (χ3n) is 3.47. The fourth-order valence-corrected chi connectivity index (χ4v) is 2.20. The Morgan fingerprint density at radius 1 is 1.40 bits per heavy atom. The Kier molecular flexibility index (Phi) is 5.45. The zero-order valence-electron chi connectivity index (χ0n) is 13.0. The van der Waals surface area contributed by atoms with Crippen LogP contribution < -0.4 is 10.3 Å². The molecule has 1 aromatic heterocycles. The molecular weight excluding hydrogens is 332 g/mol. The number of carboxylic acids is 3. The summed E-state index contributed by atoms with van der Waals surface area (Å²) in [6, 6.07) is -2.17. The van der Waals surface area contributed by atoms with Crippen LogP contribution in [0, 0.1) is 0 Å². The van der Waals surface area contributed by atoms with Crippen molar-refractivity contribution in [3.05, 3.63) is 35.9 Å². The molecule has 10 nitrogen and oxygen atoms in total. The molecule has 0 spiro atoms. The number of hydrogen-bond acceptors (Lipinski definition) is 5. The van der Waals surface area contributed by atoms with E-state index in [1.807, 2.05) is 0 Å². The van der Waals surface area contributed by atoms with Gasteiger partial charge in [0.1, 0.15) is 23.6 Å². The van der Waals surface area contributed by atoms with Crippen molar-refractivity contribution in [3.63, 3.8) is 0 Å². The first-order valence-electron chi connectivity index (χ1n) is 7.25. The first-order valence-corrected chi connectivity index (χ1v) is 7.25. The van der Waals surface area contributed by atoms with Crippen LogP contribution in [0.1, 0.15) is 12.1 Å². The zero-order valence-corrected chi connectivity index (χ0v) is 13.0. The van der Waals surface area contributed by atoms with Crippen molar-refractivity contribution in [1.82, 2.24) is 4.98 Å². The van der Waals surface area contributed by atoms with Gasteiger partial charge in [0.15, 0.2) is 6.04 Å². The van der Waals surface area contributed by atoms with Crippen LogP contribution >= 0.6 is 0 Å². The smallest absolute Gasteiger partial charge is 0.354 e. The molecule has 0 fully saturated rings. The highest BCUT2D eigenvalue weighted by molar-refractivity contribution is 6.41. The lowest BCUT2D eigenvalue weighted by Crippen LogP contribution is -2.32. The van der Waals surface area contributed by atoms with E-state index in [0.29, 0.717) is 11.3 Å². The molecule has 0 aromatic carbocycles. The van der Waals surface area contributed by atoms with E-state index >= 15 is 0 Å². The number of rotatable bonds is 7.